The van der Waals surface area contributed by atoms with Gasteiger partial charge >= 0.3 is 5.97 Å². The number of benzene rings is 1. The topological polar surface area (TPSA) is 55.4 Å². The highest BCUT2D eigenvalue weighted by Gasteiger charge is 2.03. The van der Waals surface area contributed by atoms with Crippen LogP contribution >= 0.6 is 23.2 Å². The van der Waals surface area contributed by atoms with Crippen molar-refractivity contribution in [3.8, 4) is 0 Å². The molecule has 1 aromatic rings. The lowest BCUT2D eigenvalue weighted by atomic mass is 10.2. The molecule has 0 heterocycles. The highest BCUT2D eigenvalue weighted by atomic mass is 35.5. The summed E-state index contributed by atoms with van der Waals surface area (Å²) in [5, 5.41) is 3.50. The Labute approximate surface area is 127 Å². The Morgan fingerprint density at radius 3 is 2.80 bits per heavy atom. The van der Waals surface area contributed by atoms with E-state index in [1.807, 2.05) is 0 Å². The smallest absolute Gasteiger partial charge is 0.305 e. The van der Waals surface area contributed by atoms with Gasteiger partial charge in [-0.3, -0.25) is 9.59 Å². The Hall–Kier alpha value is -1.52. The first-order valence-electron chi connectivity index (χ1n) is 6.01. The molecule has 108 valence electrons. The second-order valence-corrected chi connectivity index (χ2v) is 4.73. The van der Waals surface area contributed by atoms with Gasteiger partial charge in [0.05, 0.1) is 17.2 Å². The van der Waals surface area contributed by atoms with Crippen molar-refractivity contribution in [1.82, 2.24) is 5.32 Å². The third-order valence-corrected chi connectivity index (χ3v) is 3.31. The minimum atomic E-state index is -0.291. The number of methoxy groups -OCH3 is 1. The summed E-state index contributed by atoms with van der Waals surface area (Å²) in [5.74, 6) is -0.550. The molecule has 0 fully saturated rings. The Morgan fingerprint density at radius 2 is 2.10 bits per heavy atom. The summed E-state index contributed by atoms with van der Waals surface area (Å²) >= 11 is 11.9. The Bertz CT molecular complexity index is 515. The van der Waals surface area contributed by atoms with Crippen LogP contribution in [0, 0.1) is 0 Å². The Balaban J connectivity index is 2.40. The molecule has 1 aromatic carbocycles. The van der Waals surface area contributed by atoms with E-state index in [2.05, 4.69) is 10.1 Å². The lowest BCUT2D eigenvalue weighted by molar-refractivity contribution is -0.140. The van der Waals surface area contributed by atoms with Crippen LogP contribution in [0.15, 0.2) is 24.3 Å². The molecule has 6 heteroatoms. The zero-order chi connectivity index (χ0) is 15.0. The van der Waals surface area contributed by atoms with Crippen molar-refractivity contribution in [2.45, 2.75) is 12.8 Å². The fourth-order valence-corrected chi connectivity index (χ4v) is 1.79. The first kappa shape index (κ1) is 16.5. The van der Waals surface area contributed by atoms with Gasteiger partial charge in [0.1, 0.15) is 0 Å². The molecule has 0 unspecified atom stereocenters. The average molecular weight is 316 g/mol. The number of rotatable bonds is 6. The van der Waals surface area contributed by atoms with Crippen LogP contribution < -0.4 is 5.32 Å². The van der Waals surface area contributed by atoms with E-state index in [0.717, 1.165) is 0 Å². The average Bonchev–Trinajstić information content (AvgIpc) is 2.44. The fourth-order valence-electron chi connectivity index (χ4n) is 1.42. The number of amides is 1. The van der Waals surface area contributed by atoms with Crippen LogP contribution in [0.1, 0.15) is 18.4 Å². The van der Waals surface area contributed by atoms with Gasteiger partial charge in [0.25, 0.3) is 0 Å². The van der Waals surface area contributed by atoms with Crippen molar-refractivity contribution in [2.75, 3.05) is 13.7 Å². The molecule has 0 saturated carbocycles. The van der Waals surface area contributed by atoms with Crippen molar-refractivity contribution in [3.63, 3.8) is 0 Å². The standard InChI is InChI=1S/C14H15Cl2NO3/c1-20-13(19)6-3-9-17-12(18)8-7-10-4-2-5-11(15)14(10)16/h2,4-5,7-8H,3,6,9H2,1H3,(H,17,18)/b8-7+. The van der Waals surface area contributed by atoms with Gasteiger partial charge in [-0.1, -0.05) is 35.3 Å². The van der Waals surface area contributed by atoms with Crippen LogP contribution in [0.4, 0.5) is 0 Å². The van der Waals surface area contributed by atoms with Gasteiger partial charge in [-0.05, 0) is 24.1 Å². The van der Waals surface area contributed by atoms with Gasteiger partial charge < -0.3 is 10.1 Å². The quantitative estimate of drug-likeness (QED) is 0.498. The molecule has 0 aliphatic rings. The molecule has 0 aliphatic heterocycles. The van der Waals surface area contributed by atoms with E-state index in [1.165, 1.54) is 13.2 Å². The van der Waals surface area contributed by atoms with Crippen LogP contribution in [-0.2, 0) is 14.3 Å². The maximum Gasteiger partial charge on any atom is 0.305 e. The molecule has 0 atom stereocenters. The number of nitrogens with one attached hydrogen (secondary N) is 1. The predicted molar refractivity (Wildman–Crippen MR) is 79.8 cm³/mol. The van der Waals surface area contributed by atoms with Gasteiger partial charge in [0.15, 0.2) is 0 Å². The second-order valence-electron chi connectivity index (χ2n) is 3.95. The zero-order valence-corrected chi connectivity index (χ0v) is 12.5. The summed E-state index contributed by atoms with van der Waals surface area (Å²) in [5.41, 5.74) is 0.670. The minimum Gasteiger partial charge on any atom is -0.469 e. The maximum absolute atomic E-state index is 11.5. The van der Waals surface area contributed by atoms with Crippen molar-refractivity contribution < 1.29 is 14.3 Å². The van der Waals surface area contributed by atoms with Crippen molar-refractivity contribution in [2.24, 2.45) is 0 Å². The van der Waals surface area contributed by atoms with Gasteiger partial charge in [-0.2, -0.15) is 0 Å². The summed E-state index contributed by atoms with van der Waals surface area (Å²) in [4.78, 5) is 22.4. The summed E-state index contributed by atoms with van der Waals surface area (Å²) in [6, 6.07) is 5.19. The Kier molecular flexibility index (Phi) is 7.12. The molecule has 0 aromatic heterocycles. The van der Waals surface area contributed by atoms with E-state index in [0.29, 0.717) is 28.6 Å². The molecule has 0 aliphatic carbocycles. The van der Waals surface area contributed by atoms with E-state index in [1.54, 1.807) is 24.3 Å². The highest BCUT2D eigenvalue weighted by molar-refractivity contribution is 6.42. The molecule has 0 spiro atoms. The molecule has 0 radical (unpaired) electrons. The molecular formula is C14H15Cl2NO3. The zero-order valence-electron chi connectivity index (χ0n) is 11.0. The predicted octanol–water partition coefficient (Wildman–Crippen LogP) is 3.08. The van der Waals surface area contributed by atoms with E-state index < -0.39 is 0 Å². The van der Waals surface area contributed by atoms with Crippen molar-refractivity contribution in [3.05, 3.63) is 39.9 Å². The summed E-state index contributed by atoms with van der Waals surface area (Å²) in [6.07, 6.45) is 3.77. The SMILES string of the molecule is COC(=O)CCCNC(=O)/C=C/c1cccc(Cl)c1Cl. The van der Waals surface area contributed by atoms with E-state index in [-0.39, 0.29) is 18.3 Å². The van der Waals surface area contributed by atoms with Gasteiger partial charge in [0, 0.05) is 19.0 Å². The van der Waals surface area contributed by atoms with E-state index in [9.17, 15) is 9.59 Å². The van der Waals surface area contributed by atoms with Crippen LogP contribution in [0.25, 0.3) is 6.08 Å². The minimum absolute atomic E-state index is 0.258. The normalized spacial score (nSPS) is 10.6. The van der Waals surface area contributed by atoms with Crippen LogP contribution in [0.3, 0.4) is 0 Å². The third kappa shape index (κ3) is 5.63. The van der Waals surface area contributed by atoms with Crippen LogP contribution in [-0.4, -0.2) is 25.5 Å². The van der Waals surface area contributed by atoms with Crippen LogP contribution in [0.2, 0.25) is 10.0 Å². The molecule has 0 saturated heterocycles. The monoisotopic (exact) mass is 315 g/mol. The molecule has 0 bridgehead atoms. The van der Waals surface area contributed by atoms with Crippen molar-refractivity contribution >= 4 is 41.2 Å². The number of ether oxygens (including phenoxy) is 1. The third-order valence-electron chi connectivity index (χ3n) is 2.48. The molecule has 1 rings (SSSR count). The highest BCUT2D eigenvalue weighted by Crippen LogP contribution is 2.26. The fraction of sp³-hybridized carbons (Fsp3) is 0.286. The maximum atomic E-state index is 11.5. The number of hydrogen-bond acceptors (Lipinski definition) is 3. The number of carbonyl (C=O) groups excluding carboxylic acids is 2. The number of hydrogen-bond donors (Lipinski definition) is 1. The van der Waals surface area contributed by atoms with Crippen LogP contribution in [0.5, 0.6) is 0 Å². The number of halogens is 2. The lowest BCUT2D eigenvalue weighted by Gasteiger charge is -2.02. The summed E-state index contributed by atoms with van der Waals surface area (Å²) in [6.45, 7) is 0.404. The number of carbonyl (C=O) groups is 2. The molecule has 1 N–H and O–H groups in total. The van der Waals surface area contributed by atoms with E-state index in [4.69, 9.17) is 23.2 Å². The summed E-state index contributed by atoms with van der Waals surface area (Å²) < 4.78 is 4.49. The molecule has 1 amide bonds. The lowest BCUT2D eigenvalue weighted by Crippen LogP contribution is -2.22. The van der Waals surface area contributed by atoms with Gasteiger partial charge in [-0.15, -0.1) is 0 Å². The second kappa shape index (κ2) is 8.61. The molecular weight excluding hydrogens is 301 g/mol. The Morgan fingerprint density at radius 1 is 1.35 bits per heavy atom. The van der Waals surface area contributed by atoms with Gasteiger partial charge in [-0.25, -0.2) is 0 Å². The molecule has 4 nitrogen and oxygen atoms in total. The van der Waals surface area contributed by atoms with E-state index >= 15 is 0 Å². The van der Waals surface area contributed by atoms with Gasteiger partial charge in [0.2, 0.25) is 5.91 Å². The largest absolute Gasteiger partial charge is 0.469 e. The molecule has 20 heavy (non-hydrogen) atoms. The van der Waals surface area contributed by atoms with Crippen molar-refractivity contribution in [1.29, 1.82) is 0 Å². The summed E-state index contributed by atoms with van der Waals surface area (Å²) in [7, 11) is 1.33. The number of esters is 1. The first-order valence-corrected chi connectivity index (χ1v) is 6.77. The first-order chi connectivity index (χ1) is 9.54.